The Balaban J connectivity index is 2.60. The highest BCUT2D eigenvalue weighted by Crippen LogP contribution is 2.15. The number of rotatable bonds is 6. The number of carbonyl (C=O) groups is 1. The fourth-order valence-corrected chi connectivity index (χ4v) is 1.76. The second-order valence-electron chi connectivity index (χ2n) is 4.86. The summed E-state index contributed by atoms with van der Waals surface area (Å²) in [5, 5.41) is 8.72. The molecule has 1 aromatic carbocycles. The van der Waals surface area contributed by atoms with Gasteiger partial charge in [-0.3, -0.25) is 0 Å². The van der Waals surface area contributed by atoms with E-state index in [2.05, 4.69) is 13.8 Å². The molecular weight excluding hydrogens is 235 g/mol. The molecule has 0 spiro atoms. The molecule has 0 aliphatic heterocycles. The van der Waals surface area contributed by atoms with Crippen LogP contribution in [0.25, 0.3) is 0 Å². The minimum Gasteiger partial charge on any atom is -0.478 e. The van der Waals surface area contributed by atoms with Gasteiger partial charge in [-0.2, -0.15) is 0 Å². The average Bonchev–Trinajstić information content (AvgIpc) is 2.26. The molecule has 18 heavy (non-hydrogen) atoms. The van der Waals surface area contributed by atoms with Crippen LogP contribution in [-0.4, -0.2) is 17.2 Å². The molecule has 3 nitrogen and oxygen atoms in total. The van der Waals surface area contributed by atoms with Crippen LogP contribution in [0.4, 0.5) is 4.39 Å². The number of aromatic carboxylic acids is 1. The van der Waals surface area contributed by atoms with Gasteiger partial charge in [-0.1, -0.05) is 19.9 Å². The summed E-state index contributed by atoms with van der Waals surface area (Å²) < 4.78 is 19.1. The summed E-state index contributed by atoms with van der Waals surface area (Å²) in [6.45, 7) is 6.31. The average molecular weight is 254 g/mol. The van der Waals surface area contributed by atoms with E-state index < -0.39 is 11.8 Å². The molecule has 0 amide bonds. The molecule has 0 saturated heterocycles. The molecule has 0 aliphatic carbocycles. The summed E-state index contributed by atoms with van der Waals surface area (Å²) in [5.41, 5.74) is 0.335. The SMILES string of the molecule is CC(C)CC(C)OCc1ccc(C(=O)O)cc1F. The Morgan fingerprint density at radius 3 is 2.56 bits per heavy atom. The van der Waals surface area contributed by atoms with Gasteiger partial charge in [-0.15, -0.1) is 0 Å². The van der Waals surface area contributed by atoms with Gasteiger partial charge in [0.05, 0.1) is 18.3 Å². The lowest BCUT2D eigenvalue weighted by atomic mass is 10.1. The molecule has 0 saturated carbocycles. The number of ether oxygens (including phenoxy) is 1. The largest absolute Gasteiger partial charge is 0.478 e. The van der Waals surface area contributed by atoms with E-state index in [0.29, 0.717) is 11.5 Å². The molecule has 1 atom stereocenters. The number of carboxylic acid groups (broad SMARTS) is 1. The first-order valence-corrected chi connectivity index (χ1v) is 6.03. The summed E-state index contributed by atoms with van der Waals surface area (Å²) in [5.74, 6) is -1.14. The lowest BCUT2D eigenvalue weighted by molar-refractivity contribution is 0.0381. The second-order valence-corrected chi connectivity index (χ2v) is 4.86. The fourth-order valence-electron chi connectivity index (χ4n) is 1.76. The van der Waals surface area contributed by atoms with Crippen molar-refractivity contribution in [3.8, 4) is 0 Å². The number of hydrogen-bond donors (Lipinski definition) is 1. The number of carboxylic acids is 1. The predicted octanol–water partition coefficient (Wildman–Crippen LogP) is 3.48. The Bertz CT molecular complexity index is 416. The highest BCUT2D eigenvalue weighted by Gasteiger charge is 2.10. The van der Waals surface area contributed by atoms with E-state index >= 15 is 0 Å². The van der Waals surface area contributed by atoms with Crippen molar-refractivity contribution in [1.82, 2.24) is 0 Å². The molecule has 1 unspecified atom stereocenters. The van der Waals surface area contributed by atoms with Crippen LogP contribution in [0, 0.1) is 11.7 Å². The molecule has 1 N–H and O–H groups in total. The molecular formula is C14H19FO3. The van der Waals surface area contributed by atoms with E-state index in [1.54, 1.807) is 0 Å². The Morgan fingerprint density at radius 2 is 2.06 bits per heavy atom. The minimum absolute atomic E-state index is 0.0496. The van der Waals surface area contributed by atoms with E-state index in [4.69, 9.17) is 9.84 Å². The third kappa shape index (κ3) is 4.45. The summed E-state index contributed by atoms with van der Waals surface area (Å²) in [7, 11) is 0. The Labute approximate surface area is 107 Å². The van der Waals surface area contributed by atoms with Crippen LogP contribution >= 0.6 is 0 Å². The van der Waals surface area contributed by atoms with Crippen molar-refractivity contribution in [2.45, 2.75) is 39.9 Å². The van der Waals surface area contributed by atoms with Gasteiger partial charge in [0.2, 0.25) is 0 Å². The van der Waals surface area contributed by atoms with Crippen molar-refractivity contribution >= 4 is 5.97 Å². The monoisotopic (exact) mass is 254 g/mol. The topological polar surface area (TPSA) is 46.5 Å². The van der Waals surface area contributed by atoms with Crippen LogP contribution < -0.4 is 0 Å². The zero-order valence-corrected chi connectivity index (χ0v) is 10.9. The highest BCUT2D eigenvalue weighted by molar-refractivity contribution is 5.87. The molecule has 0 aliphatic rings. The molecule has 0 heterocycles. The van der Waals surface area contributed by atoms with E-state index in [1.165, 1.54) is 12.1 Å². The lowest BCUT2D eigenvalue weighted by Crippen LogP contribution is -2.12. The Kier molecular flexibility index (Phi) is 5.28. The minimum atomic E-state index is -1.13. The number of halogens is 1. The maximum absolute atomic E-state index is 13.6. The molecule has 4 heteroatoms. The van der Waals surface area contributed by atoms with Crippen LogP contribution in [0.2, 0.25) is 0 Å². The van der Waals surface area contributed by atoms with E-state index in [1.807, 2.05) is 6.92 Å². The highest BCUT2D eigenvalue weighted by atomic mass is 19.1. The third-order valence-corrected chi connectivity index (χ3v) is 2.63. The third-order valence-electron chi connectivity index (χ3n) is 2.63. The van der Waals surface area contributed by atoms with Crippen molar-refractivity contribution < 1.29 is 19.0 Å². The lowest BCUT2D eigenvalue weighted by Gasteiger charge is -2.15. The van der Waals surface area contributed by atoms with Crippen LogP contribution in [0.1, 0.15) is 43.1 Å². The molecule has 100 valence electrons. The van der Waals surface area contributed by atoms with Gasteiger partial charge in [0.1, 0.15) is 5.82 Å². The number of benzene rings is 1. The molecule has 0 aromatic heterocycles. The van der Waals surface area contributed by atoms with Crippen molar-refractivity contribution in [3.05, 3.63) is 35.1 Å². The molecule has 1 aromatic rings. The Morgan fingerprint density at radius 1 is 1.39 bits per heavy atom. The Hall–Kier alpha value is -1.42. The first-order valence-electron chi connectivity index (χ1n) is 6.03. The predicted molar refractivity (Wildman–Crippen MR) is 67.1 cm³/mol. The quantitative estimate of drug-likeness (QED) is 0.845. The normalized spacial score (nSPS) is 12.7. The van der Waals surface area contributed by atoms with E-state index in [0.717, 1.165) is 12.5 Å². The van der Waals surface area contributed by atoms with Crippen LogP contribution in [0.5, 0.6) is 0 Å². The van der Waals surface area contributed by atoms with Crippen molar-refractivity contribution in [3.63, 3.8) is 0 Å². The van der Waals surface area contributed by atoms with Crippen LogP contribution in [-0.2, 0) is 11.3 Å². The van der Waals surface area contributed by atoms with Crippen molar-refractivity contribution in [1.29, 1.82) is 0 Å². The maximum Gasteiger partial charge on any atom is 0.335 e. The summed E-state index contributed by atoms with van der Waals surface area (Å²) in [6, 6.07) is 3.87. The van der Waals surface area contributed by atoms with Crippen molar-refractivity contribution in [2.75, 3.05) is 0 Å². The number of hydrogen-bond acceptors (Lipinski definition) is 2. The van der Waals surface area contributed by atoms with Crippen molar-refractivity contribution in [2.24, 2.45) is 5.92 Å². The van der Waals surface area contributed by atoms with Gasteiger partial charge in [0.25, 0.3) is 0 Å². The summed E-state index contributed by atoms with van der Waals surface area (Å²) in [6.07, 6.45) is 0.970. The maximum atomic E-state index is 13.6. The van der Waals surface area contributed by atoms with Gasteiger partial charge in [-0.25, -0.2) is 9.18 Å². The first-order chi connectivity index (χ1) is 8.40. The van der Waals surface area contributed by atoms with Gasteiger partial charge in [0.15, 0.2) is 0 Å². The smallest absolute Gasteiger partial charge is 0.335 e. The van der Waals surface area contributed by atoms with Gasteiger partial charge >= 0.3 is 5.97 Å². The van der Waals surface area contributed by atoms with Gasteiger partial charge in [0, 0.05) is 5.56 Å². The zero-order chi connectivity index (χ0) is 13.7. The molecule has 1 rings (SSSR count). The van der Waals surface area contributed by atoms with Crippen LogP contribution in [0.3, 0.4) is 0 Å². The van der Waals surface area contributed by atoms with E-state index in [-0.39, 0.29) is 18.3 Å². The second kappa shape index (κ2) is 6.50. The summed E-state index contributed by atoms with van der Waals surface area (Å²) >= 11 is 0. The van der Waals surface area contributed by atoms with Crippen LogP contribution in [0.15, 0.2) is 18.2 Å². The fraction of sp³-hybridized carbons (Fsp3) is 0.500. The zero-order valence-electron chi connectivity index (χ0n) is 10.9. The first kappa shape index (κ1) is 14.6. The summed E-state index contributed by atoms with van der Waals surface area (Å²) in [4.78, 5) is 10.7. The standard InChI is InChI=1S/C14H19FO3/c1-9(2)6-10(3)18-8-12-5-4-11(14(16)17)7-13(12)15/h4-5,7,9-10H,6,8H2,1-3H3,(H,16,17). The molecule has 0 bridgehead atoms. The van der Waals surface area contributed by atoms with Gasteiger partial charge < -0.3 is 9.84 Å². The molecule has 0 fully saturated rings. The van der Waals surface area contributed by atoms with E-state index in [9.17, 15) is 9.18 Å². The molecule has 0 radical (unpaired) electrons. The van der Waals surface area contributed by atoms with Gasteiger partial charge in [-0.05, 0) is 31.4 Å².